The summed E-state index contributed by atoms with van der Waals surface area (Å²) >= 11 is 0. The Labute approximate surface area is 69.4 Å². The number of hydrogen-bond donors (Lipinski definition) is 1. The molecule has 0 unspecified atom stereocenters. The molecule has 12 heavy (non-hydrogen) atoms. The molecule has 0 aromatic carbocycles. The summed E-state index contributed by atoms with van der Waals surface area (Å²) < 4.78 is 25.7. The molecule has 1 heterocycles. The van der Waals surface area contributed by atoms with E-state index < -0.39 is 11.6 Å². The topological polar surface area (TPSA) is 38.9 Å². The summed E-state index contributed by atoms with van der Waals surface area (Å²) in [6, 6.07) is 0. The summed E-state index contributed by atoms with van der Waals surface area (Å²) in [5.74, 6) is -1.19. The van der Waals surface area contributed by atoms with Crippen LogP contribution >= 0.6 is 0 Å². The van der Waals surface area contributed by atoms with Gasteiger partial charge in [-0.15, -0.1) is 0 Å². The Morgan fingerprint density at radius 1 is 1.25 bits per heavy atom. The fourth-order valence-electron chi connectivity index (χ4n) is 0.956. The summed E-state index contributed by atoms with van der Waals surface area (Å²) in [6.07, 6.45) is 2.93. The molecule has 1 aromatic heterocycles. The fraction of sp³-hybridized carbons (Fsp3) is 0.375. The van der Waals surface area contributed by atoms with Crippen LogP contribution in [0.2, 0.25) is 0 Å². The predicted molar refractivity (Wildman–Crippen MR) is 41.5 cm³/mol. The molecule has 0 saturated carbocycles. The molecule has 0 atom stereocenters. The maximum Gasteiger partial charge on any atom is 0.147 e. The van der Waals surface area contributed by atoms with Crippen molar-refractivity contribution in [3.05, 3.63) is 29.6 Å². The Morgan fingerprint density at radius 3 is 2.33 bits per heavy atom. The molecule has 0 aliphatic heterocycles. The van der Waals surface area contributed by atoms with Crippen LogP contribution in [0.5, 0.6) is 0 Å². The Bertz CT molecular complexity index is 243. The van der Waals surface area contributed by atoms with Gasteiger partial charge in [-0.3, -0.25) is 4.98 Å². The smallest absolute Gasteiger partial charge is 0.147 e. The minimum atomic E-state index is -0.594. The molecule has 2 N–H and O–H groups in total. The second kappa shape index (κ2) is 4.11. The van der Waals surface area contributed by atoms with Gasteiger partial charge in [0.2, 0.25) is 0 Å². The Balaban J connectivity index is 2.81. The molecule has 4 heteroatoms. The van der Waals surface area contributed by atoms with Crippen LogP contribution in [0.1, 0.15) is 12.0 Å². The molecule has 0 aliphatic carbocycles. The van der Waals surface area contributed by atoms with Crippen molar-refractivity contribution in [1.82, 2.24) is 4.98 Å². The van der Waals surface area contributed by atoms with Crippen molar-refractivity contribution in [2.24, 2.45) is 5.73 Å². The third kappa shape index (κ3) is 1.98. The van der Waals surface area contributed by atoms with E-state index in [0.717, 1.165) is 12.4 Å². The molecular weight excluding hydrogens is 162 g/mol. The van der Waals surface area contributed by atoms with Crippen LogP contribution in [0.15, 0.2) is 12.4 Å². The number of halogens is 2. The van der Waals surface area contributed by atoms with Crippen molar-refractivity contribution in [2.45, 2.75) is 12.8 Å². The van der Waals surface area contributed by atoms with Crippen molar-refractivity contribution in [1.29, 1.82) is 0 Å². The molecule has 0 spiro atoms. The SMILES string of the molecule is NCCCc1c(F)cncc1F. The first kappa shape index (κ1) is 9.06. The molecule has 0 aliphatic rings. The fourth-order valence-corrected chi connectivity index (χ4v) is 0.956. The lowest BCUT2D eigenvalue weighted by molar-refractivity contribution is 0.541. The predicted octanol–water partition coefficient (Wildman–Crippen LogP) is 1.25. The van der Waals surface area contributed by atoms with Crippen LogP contribution in [0.4, 0.5) is 8.78 Å². The van der Waals surface area contributed by atoms with Gasteiger partial charge in [0, 0.05) is 5.56 Å². The zero-order valence-corrected chi connectivity index (χ0v) is 6.56. The average Bonchev–Trinajstić information content (AvgIpc) is 2.04. The van der Waals surface area contributed by atoms with Crippen LogP contribution in [-0.2, 0) is 6.42 Å². The highest BCUT2D eigenvalue weighted by Crippen LogP contribution is 2.11. The normalized spacial score (nSPS) is 10.2. The lowest BCUT2D eigenvalue weighted by Gasteiger charge is -2.01. The molecule has 0 bridgehead atoms. The van der Waals surface area contributed by atoms with E-state index in [1.54, 1.807) is 0 Å². The zero-order valence-electron chi connectivity index (χ0n) is 6.56. The zero-order chi connectivity index (χ0) is 8.97. The molecule has 0 radical (unpaired) electrons. The summed E-state index contributed by atoms with van der Waals surface area (Å²) in [4.78, 5) is 3.37. The first-order chi connectivity index (χ1) is 5.75. The summed E-state index contributed by atoms with van der Waals surface area (Å²) in [6.45, 7) is 0.432. The van der Waals surface area contributed by atoms with E-state index in [1.165, 1.54) is 0 Å². The number of rotatable bonds is 3. The van der Waals surface area contributed by atoms with E-state index in [2.05, 4.69) is 4.98 Å². The number of nitrogens with zero attached hydrogens (tertiary/aromatic N) is 1. The van der Waals surface area contributed by atoms with E-state index in [1.807, 2.05) is 0 Å². The number of nitrogens with two attached hydrogens (primary N) is 1. The van der Waals surface area contributed by atoms with E-state index in [0.29, 0.717) is 19.4 Å². The lowest BCUT2D eigenvalue weighted by Crippen LogP contribution is -2.03. The van der Waals surface area contributed by atoms with Crippen LogP contribution in [0, 0.1) is 11.6 Å². The quantitative estimate of drug-likeness (QED) is 0.745. The maximum atomic E-state index is 12.8. The van der Waals surface area contributed by atoms with Gasteiger partial charge in [-0.05, 0) is 19.4 Å². The second-order valence-corrected chi connectivity index (χ2v) is 2.47. The molecule has 1 rings (SSSR count). The summed E-state index contributed by atoms with van der Waals surface area (Å²) in [7, 11) is 0. The van der Waals surface area contributed by atoms with Crippen LogP contribution in [0.3, 0.4) is 0 Å². The van der Waals surface area contributed by atoms with Gasteiger partial charge in [-0.2, -0.15) is 0 Å². The first-order valence-corrected chi connectivity index (χ1v) is 3.73. The van der Waals surface area contributed by atoms with Gasteiger partial charge in [0.1, 0.15) is 11.6 Å². The second-order valence-electron chi connectivity index (χ2n) is 2.47. The third-order valence-corrected chi connectivity index (χ3v) is 1.58. The van der Waals surface area contributed by atoms with Crippen molar-refractivity contribution < 1.29 is 8.78 Å². The van der Waals surface area contributed by atoms with E-state index >= 15 is 0 Å². The molecule has 66 valence electrons. The molecule has 0 fully saturated rings. The maximum absolute atomic E-state index is 12.8. The van der Waals surface area contributed by atoms with Gasteiger partial charge in [0.05, 0.1) is 12.4 Å². The van der Waals surface area contributed by atoms with Gasteiger partial charge < -0.3 is 5.73 Å². The standard InChI is InChI=1S/C8H10F2N2/c9-7-4-12-5-8(10)6(7)2-1-3-11/h4-5H,1-3,11H2. The van der Waals surface area contributed by atoms with E-state index in [4.69, 9.17) is 5.73 Å². The number of pyridine rings is 1. The minimum absolute atomic E-state index is 0.0791. The van der Waals surface area contributed by atoms with Crippen molar-refractivity contribution in [3.63, 3.8) is 0 Å². The van der Waals surface area contributed by atoms with E-state index in [9.17, 15) is 8.78 Å². The Morgan fingerprint density at radius 2 is 1.83 bits per heavy atom. The van der Waals surface area contributed by atoms with Crippen molar-refractivity contribution in [2.75, 3.05) is 6.54 Å². The lowest BCUT2D eigenvalue weighted by atomic mass is 10.1. The summed E-state index contributed by atoms with van der Waals surface area (Å²) in [5.41, 5.74) is 5.30. The molecule has 2 nitrogen and oxygen atoms in total. The van der Waals surface area contributed by atoms with Gasteiger partial charge in [0.25, 0.3) is 0 Å². The van der Waals surface area contributed by atoms with Crippen molar-refractivity contribution in [3.8, 4) is 0 Å². The largest absolute Gasteiger partial charge is 0.330 e. The monoisotopic (exact) mass is 172 g/mol. The Kier molecular flexibility index (Phi) is 3.10. The van der Waals surface area contributed by atoms with Gasteiger partial charge in [0.15, 0.2) is 0 Å². The highest BCUT2D eigenvalue weighted by atomic mass is 19.1. The number of hydrogen-bond acceptors (Lipinski definition) is 2. The van der Waals surface area contributed by atoms with Crippen LogP contribution in [0.25, 0.3) is 0 Å². The molecule has 0 saturated heterocycles. The Hall–Kier alpha value is -1.03. The van der Waals surface area contributed by atoms with Crippen LogP contribution in [-0.4, -0.2) is 11.5 Å². The van der Waals surface area contributed by atoms with Gasteiger partial charge in [-0.25, -0.2) is 8.78 Å². The third-order valence-electron chi connectivity index (χ3n) is 1.58. The van der Waals surface area contributed by atoms with Crippen LogP contribution < -0.4 is 5.73 Å². The highest BCUT2D eigenvalue weighted by Gasteiger charge is 2.07. The highest BCUT2D eigenvalue weighted by molar-refractivity contribution is 5.14. The van der Waals surface area contributed by atoms with E-state index in [-0.39, 0.29) is 5.56 Å². The van der Waals surface area contributed by atoms with Gasteiger partial charge >= 0.3 is 0 Å². The average molecular weight is 172 g/mol. The molecule has 0 amide bonds. The first-order valence-electron chi connectivity index (χ1n) is 3.73. The van der Waals surface area contributed by atoms with Crippen molar-refractivity contribution >= 4 is 0 Å². The minimum Gasteiger partial charge on any atom is -0.330 e. The molecule has 1 aromatic rings. The van der Waals surface area contributed by atoms with Gasteiger partial charge in [-0.1, -0.05) is 0 Å². The molecular formula is C8H10F2N2. The number of aromatic nitrogens is 1. The summed E-state index contributed by atoms with van der Waals surface area (Å²) in [5, 5.41) is 0.